The molecule has 0 aromatic carbocycles. The van der Waals surface area contributed by atoms with Gasteiger partial charge in [-0.05, 0) is 22.9 Å². The van der Waals surface area contributed by atoms with E-state index in [1.54, 1.807) is 6.20 Å². The second kappa shape index (κ2) is 4.91. The standard InChI is InChI=1S/C8H11Br2N3/c1-6-7(10)5-11-8(12-6)13(2)4-3-9/h5H,3-4H2,1-2H3. The van der Waals surface area contributed by atoms with E-state index in [1.165, 1.54) is 0 Å². The third kappa shape index (κ3) is 2.91. The van der Waals surface area contributed by atoms with Crippen molar-refractivity contribution in [2.24, 2.45) is 0 Å². The molecule has 0 amide bonds. The number of nitrogens with zero attached hydrogens (tertiary/aromatic N) is 3. The third-order valence-corrected chi connectivity index (χ3v) is 2.80. The van der Waals surface area contributed by atoms with Crippen LogP contribution in [0.5, 0.6) is 0 Å². The van der Waals surface area contributed by atoms with Gasteiger partial charge in [-0.15, -0.1) is 0 Å². The molecule has 0 aliphatic heterocycles. The Hall–Kier alpha value is -0.160. The molecule has 0 spiro atoms. The lowest BCUT2D eigenvalue weighted by atomic mass is 10.4. The van der Waals surface area contributed by atoms with Crippen LogP contribution < -0.4 is 4.90 Å². The van der Waals surface area contributed by atoms with Crippen LogP contribution >= 0.6 is 31.9 Å². The molecule has 3 nitrogen and oxygen atoms in total. The second-order valence-corrected chi connectivity index (χ2v) is 4.36. The largest absolute Gasteiger partial charge is 0.343 e. The highest BCUT2D eigenvalue weighted by Gasteiger charge is 2.04. The van der Waals surface area contributed by atoms with Crippen molar-refractivity contribution in [2.75, 3.05) is 23.8 Å². The van der Waals surface area contributed by atoms with Crippen LogP contribution in [0.4, 0.5) is 5.95 Å². The fraction of sp³-hybridized carbons (Fsp3) is 0.500. The number of hydrogen-bond acceptors (Lipinski definition) is 3. The summed E-state index contributed by atoms with van der Waals surface area (Å²) in [6, 6.07) is 0. The Labute approximate surface area is 94.8 Å². The summed E-state index contributed by atoms with van der Waals surface area (Å²) in [5, 5.41) is 0.919. The maximum absolute atomic E-state index is 4.34. The van der Waals surface area contributed by atoms with Gasteiger partial charge in [0.25, 0.3) is 0 Å². The Morgan fingerprint density at radius 2 is 2.23 bits per heavy atom. The Balaban J connectivity index is 2.84. The predicted octanol–water partition coefficient (Wildman–Crippen LogP) is 2.38. The Bertz CT molecular complexity index is 291. The topological polar surface area (TPSA) is 29.0 Å². The lowest BCUT2D eigenvalue weighted by molar-refractivity contribution is 0.897. The van der Waals surface area contributed by atoms with Gasteiger partial charge < -0.3 is 4.90 Å². The van der Waals surface area contributed by atoms with E-state index in [2.05, 4.69) is 41.8 Å². The number of halogens is 2. The molecule has 0 N–H and O–H groups in total. The summed E-state index contributed by atoms with van der Waals surface area (Å²) in [7, 11) is 1.98. The van der Waals surface area contributed by atoms with Gasteiger partial charge in [0.1, 0.15) is 0 Å². The molecule has 0 bridgehead atoms. The first-order chi connectivity index (χ1) is 6.15. The van der Waals surface area contributed by atoms with Crippen molar-refractivity contribution < 1.29 is 0 Å². The van der Waals surface area contributed by atoms with Crippen molar-refractivity contribution in [1.82, 2.24) is 9.97 Å². The molecule has 0 fully saturated rings. The van der Waals surface area contributed by atoms with Gasteiger partial charge in [0, 0.05) is 25.1 Å². The molecular weight excluding hydrogens is 298 g/mol. The second-order valence-electron chi connectivity index (χ2n) is 2.71. The highest BCUT2D eigenvalue weighted by atomic mass is 79.9. The zero-order valence-corrected chi connectivity index (χ0v) is 10.8. The zero-order valence-electron chi connectivity index (χ0n) is 7.59. The minimum Gasteiger partial charge on any atom is -0.343 e. The SMILES string of the molecule is Cc1nc(N(C)CCBr)ncc1Br. The molecule has 0 radical (unpaired) electrons. The van der Waals surface area contributed by atoms with Crippen molar-refractivity contribution >= 4 is 37.8 Å². The maximum Gasteiger partial charge on any atom is 0.225 e. The average molecular weight is 309 g/mol. The minimum absolute atomic E-state index is 0.764. The van der Waals surface area contributed by atoms with Crippen LogP contribution in [0, 0.1) is 6.92 Å². The van der Waals surface area contributed by atoms with Crippen molar-refractivity contribution in [1.29, 1.82) is 0 Å². The number of aryl methyl sites for hydroxylation is 1. The molecule has 1 aromatic rings. The van der Waals surface area contributed by atoms with Gasteiger partial charge in [-0.1, -0.05) is 15.9 Å². The van der Waals surface area contributed by atoms with E-state index in [4.69, 9.17) is 0 Å². The molecule has 0 unspecified atom stereocenters. The Morgan fingerprint density at radius 3 is 2.77 bits per heavy atom. The van der Waals surface area contributed by atoms with E-state index < -0.39 is 0 Å². The number of aromatic nitrogens is 2. The fourth-order valence-electron chi connectivity index (χ4n) is 0.851. The quantitative estimate of drug-likeness (QED) is 0.803. The summed E-state index contributed by atoms with van der Waals surface area (Å²) < 4.78 is 0.948. The van der Waals surface area contributed by atoms with Crippen molar-refractivity contribution in [3.05, 3.63) is 16.4 Å². The first kappa shape index (κ1) is 10.9. The molecule has 5 heteroatoms. The first-order valence-electron chi connectivity index (χ1n) is 3.91. The van der Waals surface area contributed by atoms with E-state index in [9.17, 15) is 0 Å². The summed E-state index contributed by atoms with van der Waals surface area (Å²) in [5.74, 6) is 0.764. The normalized spacial score (nSPS) is 10.2. The summed E-state index contributed by atoms with van der Waals surface area (Å²) in [6.45, 7) is 2.86. The minimum atomic E-state index is 0.764. The van der Waals surface area contributed by atoms with Gasteiger partial charge >= 0.3 is 0 Å². The van der Waals surface area contributed by atoms with Crippen molar-refractivity contribution in [3.8, 4) is 0 Å². The molecule has 1 aromatic heterocycles. The molecule has 1 heterocycles. The molecular formula is C8H11Br2N3. The average Bonchev–Trinajstić information content (AvgIpc) is 2.10. The molecule has 1 rings (SSSR count). The van der Waals surface area contributed by atoms with Gasteiger partial charge in [0.15, 0.2) is 0 Å². The monoisotopic (exact) mass is 307 g/mol. The van der Waals surface area contributed by atoms with E-state index in [0.29, 0.717) is 0 Å². The van der Waals surface area contributed by atoms with Crippen LogP contribution in [-0.2, 0) is 0 Å². The van der Waals surface area contributed by atoms with Crippen LogP contribution in [0.2, 0.25) is 0 Å². The number of anilines is 1. The van der Waals surface area contributed by atoms with Crippen molar-refractivity contribution in [3.63, 3.8) is 0 Å². The van der Waals surface area contributed by atoms with Crippen LogP contribution in [0.3, 0.4) is 0 Å². The van der Waals surface area contributed by atoms with E-state index in [0.717, 1.165) is 28.0 Å². The Morgan fingerprint density at radius 1 is 1.54 bits per heavy atom. The first-order valence-corrected chi connectivity index (χ1v) is 5.83. The lowest BCUT2D eigenvalue weighted by Crippen LogP contribution is -2.22. The summed E-state index contributed by atoms with van der Waals surface area (Å²) in [6.07, 6.45) is 1.78. The van der Waals surface area contributed by atoms with Crippen LogP contribution in [0.15, 0.2) is 10.7 Å². The Kier molecular flexibility index (Phi) is 4.12. The van der Waals surface area contributed by atoms with Gasteiger partial charge in [0.2, 0.25) is 5.95 Å². The van der Waals surface area contributed by atoms with Gasteiger partial charge in [-0.2, -0.15) is 0 Å². The molecule has 13 heavy (non-hydrogen) atoms. The molecule has 0 aliphatic rings. The van der Waals surface area contributed by atoms with Gasteiger partial charge in [-0.25, -0.2) is 9.97 Å². The van der Waals surface area contributed by atoms with Crippen LogP contribution in [-0.4, -0.2) is 28.9 Å². The maximum atomic E-state index is 4.34. The highest BCUT2D eigenvalue weighted by molar-refractivity contribution is 9.10. The summed E-state index contributed by atoms with van der Waals surface area (Å²) in [5.41, 5.74) is 0.964. The van der Waals surface area contributed by atoms with E-state index in [1.807, 2.05) is 18.9 Å². The van der Waals surface area contributed by atoms with Gasteiger partial charge in [0.05, 0.1) is 10.2 Å². The molecule has 0 aliphatic carbocycles. The van der Waals surface area contributed by atoms with E-state index in [-0.39, 0.29) is 0 Å². The smallest absolute Gasteiger partial charge is 0.225 e. The fourth-order valence-corrected chi connectivity index (χ4v) is 1.57. The molecule has 0 atom stereocenters. The zero-order chi connectivity index (χ0) is 9.84. The lowest BCUT2D eigenvalue weighted by Gasteiger charge is -2.15. The molecule has 72 valence electrons. The molecule has 0 saturated carbocycles. The van der Waals surface area contributed by atoms with E-state index >= 15 is 0 Å². The number of hydrogen-bond donors (Lipinski definition) is 0. The van der Waals surface area contributed by atoms with Crippen LogP contribution in [0.25, 0.3) is 0 Å². The van der Waals surface area contributed by atoms with Crippen molar-refractivity contribution in [2.45, 2.75) is 6.92 Å². The van der Waals surface area contributed by atoms with Gasteiger partial charge in [-0.3, -0.25) is 0 Å². The van der Waals surface area contributed by atoms with Crippen LogP contribution in [0.1, 0.15) is 5.69 Å². The summed E-state index contributed by atoms with van der Waals surface area (Å²) in [4.78, 5) is 10.6. The molecule has 0 saturated heterocycles. The number of rotatable bonds is 3. The predicted molar refractivity (Wildman–Crippen MR) is 61.5 cm³/mol. The third-order valence-electron chi connectivity index (χ3n) is 1.67. The number of alkyl halides is 1. The summed E-state index contributed by atoms with van der Waals surface area (Å²) >= 11 is 6.74. The highest BCUT2D eigenvalue weighted by Crippen LogP contribution is 2.14.